The van der Waals surface area contributed by atoms with Crippen molar-refractivity contribution in [1.82, 2.24) is 10.3 Å². The fourth-order valence-electron chi connectivity index (χ4n) is 3.19. The number of carbonyl (C=O) groups is 1. The van der Waals surface area contributed by atoms with Crippen molar-refractivity contribution in [1.29, 1.82) is 0 Å². The fourth-order valence-corrected chi connectivity index (χ4v) is 4.06. The molecular weight excluding hydrogens is 398 g/mol. The number of ether oxygens (including phenoxy) is 1. The Morgan fingerprint density at radius 1 is 1.23 bits per heavy atom. The summed E-state index contributed by atoms with van der Waals surface area (Å²) in [6.07, 6.45) is 3.54. The third-order valence-corrected chi connectivity index (χ3v) is 5.53. The van der Waals surface area contributed by atoms with E-state index in [2.05, 4.69) is 15.3 Å². The number of aliphatic hydroxyl groups is 1. The molecule has 1 atom stereocenters. The lowest BCUT2D eigenvalue weighted by Crippen LogP contribution is -2.21. The van der Waals surface area contributed by atoms with Gasteiger partial charge < -0.3 is 15.2 Å². The first-order valence-electron chi connectivity index (χ1n) is 9.64. The maximum absolute atomic E-state index is 12.4. The summed E-state index contributed by atoms with van der Waals surface area (Å²) in [4.78, 5) is 21.9. The third-order valence-electron chi connectivity index (χ3n) is 4.60. The van der Waals surface area contributed by atoms with E-state index in [4.69, 9.17) is 4.74 Å². The molecule has 0 unspecified atom stereocenters. The van der Waals surface area contributed by atoms with Crippen molar-refractivity contribution in [2.45, 2.75) is 13.0 Å². The molecule has 0 spiro atoms. The Hall–Kier alpha value is -3.16. The second-order valence-corrected chi connectivity index (χ2v) is 7.66. The fraction of sp³-hybridized carbons (Fsp3) is 0.174. The second kappa shape index (κ2) is 9.11. The summed E-state index contributed by atoms with van der Waals surface area (Å²) in [5, 5.41) is 13.9. The number of carbonyl (C=O) groups excluding carboxylic acids is 1. The van der Waals surface area contributed by atoms with Crippen molar-refractivity contribution < 1.29 is 14.6 Å². The van der Waals surface area contributed by atoms with E-state index >= 15 is 0 Å². The van der Waals surface area contributed by atoms with Crippen LogP contribution in [0, 0.1) is 0 Å². The molecule has 0 aliphatic carbocycles. The molecule has 1 amide bonds. The molecule has 6 nitrogen and oxygen atoms in total. The summed E-state index contributed by atoms with van der Waals surface area (Å²) in [6.45, 7) is 2.37. The highest BCUT2D eigenvalue weighted by atomic mass is 32.2. The Morgan fingerprint density at radius 2 is 2.07 bits per heavy atom. The Kier molecular flexibility index (Phi) is 6.11. The first-order chi connectivity index (χ1) is 14.7. The van der Waals surface area contributed by atoms with Gasteiger partial charge in [-0.3, -0.25) is 14.8 Å². The van der Waals surface area contributed by atoms with Gasteiger partial charge in [0, 0.05) is 11.6 Å². The molecule has 1 aliphatic heterocycles. The van der Waals surface area contributed by atoms with Crippen molar-refractivity contribution in [2.24, 2.45) is 4.99 Å². The molecule has 3 aromatic rings. The standard InChI is InChI=1S/C23H21N3O3S/c1-2-29-20-10-11-24-18-9-8-15(12-17(18)20)13-21-22(28)26-23(30-21)25-19(14-27)16-6-4-3-5-7-16/h3-13,19,27H,2,14H2,1H3,(H,25,26,28)/b21-13+/t19-/m0/s1. The van der Waals surface area contributed by atoms with E-state index in [1.54, 1.807) is 6.20 Å². The zero-order valence-electron chi connectivity index (χ0n) is 16.4. The molecule has 4 rings (SSSR count). The molecule has 1 aliphatic rings. The summed E-state index contributed by atoms with van der Waals surface area (Å²) < 4.78 is 5.69. The molecule has 0 radical (unpaired) electrons. The van der Waals surface area contributed by atoms with Crippen LogP contribution in [0.4, 0.5) is 0 Å². The van der Waals surface area contributed by atoms with Crippen LogP contribution in [-0.2, 0) is 4.79 Å². The highest BCUT2D eigenvalue weighted by Gasteiger charge is 2.25. The number of thioether (sulfide) groups is 1. The van der Waals surface area contributed by atoms with Gasteiger partial charge in [0.05, 0.1) is 23.6 Å². The van der Waals surface area contributed by atoms with Crippen LogP contribution >= 0.6 is 11.8 Å². The number of aliphatic hydroxyl groups excluding tert-OH is 1. The molecule has 2 heterocycles. The minimum absolute atomic E-state index is 0.138. The van der Waals surface area contributed by atoms with Crippen LogP contribution in [-0.4, -0.2) is 34.4 Å². The second-order valence-electron chi connectivity index (χ2n) is 6.63. The number of aromatic nitrogens is 1. The van der Waals surface area contributed by atoms with Crippen molar-refractivity contribution in [3.8, 4) is 5.75 Å². The van der Waals surface area contributed by atoms with E-state index in [-0.39, 0.29) is 12.5 Å². The van der Waals surface area contributed by atoms with Gasteiger partial charge in [0.25, 0.3) is 5.91 Å². The van der Waals surface area contributed by atoms with Gasteiger partial charge in [0.2, 0.25) is 0 Å². The van der Waals surface area contributed by atoms with Gasteiger partial charge in [-0.1, -0.05) is 36.4 Å². The number of nitrogens with zero attached hydrogens (tertiary/aromatic N) is 2. The number of rotatable bonds is 6. The van der Waals surface area contributed by atoms with E-state index in [0.29, 0.717) is 16.7 Å². The van der Waals surface area contributed by atoms with Crippen LogP contribution in [0.15, 0.2) is 70.7 Å². The average Bonchev–Trinajstić information content (AvgIpc) is 3.12. The van der Waals surface area contributed by atoms with Crippen molar-refractivity contribution in [3.05, 3.63) is 76.8 Å². The quantitative estimate of drug-likeness (QED) is 0.592. The SMILES string of the molecule is CCOc1ccnc2ccc(/C=C3/SC(=N[C@@H](CO)c4ccccc4)NC3=O)cc12. The predicted molar refractivity (Wildman–Crippen MR) is 120 cm³/mol. The van der Waals surface area contributed by atoms with Gasteiger partial charge in [-0.2, -0.15) is 0 Å². The molecule has 2 aromatic carbocycles. The predicted octanol–water partition coefficient (Wildman–Crippen LogP) is 3.93. The number of amides is 1. The molecule has 30 heavy (non-hydrogen) atoms. The van der Waals surface area contributed by atoms with Crippen LogP contribution in [0.3, 0.4) is 0 Å². The van der Waals surface area contributed by atoms with E-state index < -0.39 is 6.04 Å². The van der Waals surface area contributed by atoms with Gasteiger partial charge in [-0.05, 0) is 54.1 Å². The largest absolute Gasteiger partial charge is 0.493 e. The van der Waals surface area contributed by atoms with Gasteiger partial charge in [0.1, 0.15) is 11.8 Å². The van der Waals surface area contributed by atoms with E-state index in [0.717, 1.165) is 27.8 Å². The molecule has 1 saturated heterocycles. The summed E-state index contributed by atoms with van der Waals surface area (Å²) in [6, 6.07) is 16.7. The molecule has 0 bridgehead atoms. The van der Waals surface area contributed by atoms with Crippen LogP contribution in [0.25, 0.3) is 17.0 Å². The van der Waals surface area contributed by atoms with Gasteiger partial charge >= 0.3 is 0 Å². The lowest BCUT2D eigenvalue weighted by molar-refractivity contribution is -0.115. The lowest BCUT2D eigenvalue weighted by Gasteiger charge is -2.10. The number of hydrogen-bond acceptors (Lipinski definition) is 6. The van der Waals surface area contributed by atoms with Crippen molar-refractivity contribution in [2.75, 3.05) is 13.2 Å². The zero-order chi connectivity index (χ0) is 20.9. The number of amidine groups is 1. The molecule has 152 valence electrons. The Bertz CT molecular complexity index is 1130. The number of pyridine rings is 1. The van der Waals surface area contributed by atoms with Crippen LogP contribution in [0.1, 0.15) is 24.1 Å². The number of fused-ring (bicyclic) bond motifs is 1. The highest BCUT2D eigenvalue weighted by molar-refractivity contribution is 8.18. The molecule has 7 heteroatoms. The van der Waals surface area contributed by atoms with Crippen LogP contribution in [0.2, 0.25) is 0 Å². The number of hydrogen-bond donors (Lipinski definition) is 2. The van der Waals surface area contributed by atoms with Gasteiger partial charge in [-0.25, -0.2) is 0 Å². The molecular formula is C23H21N3O3S. The Labute approximate surface area is 178 Å². The minimum Gasteiger partial charge on any atom is -0.493 e. The molecule has 1 fully saturated rings. The van der Waals surface area contributed by atoms with Gasteiger partial charge in [0.15, 0.2) is 5.17 Å². The van der Waals surface area contributed by atoms with E-state index in [9.17, 15) is 9.90 Å². The molecule has 0 saturated carbocycles. The number of aliphatic imine (C=N–C) groups is 1. The van der Waals surface area contributed by atoms with Gasteiger partial charge in [-0.15, -0.1) is 0 Å². The normalized spacial score (nSPS) is 17.5. The van der Waals surface area contributed by atoms with Crippen molar-refractivity contribution >= 4 is 39.8 Å². The van der Waals surface area contributed by atoms with Crippen molar-refractivity contribution in [3.63, 3.8) is 0 Å². The average molecular weight is 420 g/mol. The first kappa shape index (κ1) is 20.1. The summed E-state index contributed by atoms with van der Waals surface area (Å²) >= 11 is 1.26. The summed E-state index contributed by atoms with van der Waals surface area (Å²) in [5.41, 5.74) is 2.60. The van der Waals surface area contributed by atoms with E-state index in [1.807, 2.05) is 67.6 Å². The minimum atomic E-state index is -0.422. The lowest BCUT2D eigenvalue weighted by atomic mass is 10.1. The monoisotopic (exact) mass is 419 g/mol. The summed E-state index contributed by atoms with van der Waals surface area (Å²) in [7, 11) is 0. The van der Waals surface area contributed by atoms with E-state index in [1.165, 1.54) is 11.8 Å². The first-order valence-corrected chi connectivity index (χ1v) is 10.5. The number of nitrogens with one attached hydrogen (secondary N) is 1. The third kappa shape index (κ3) is 4.37. The maximum Gasteiger partial charge on any atom is 0.264 e. The van der Waals surface area contributed by atoms with Crippen LogP contribution in [0.5, 0.6) is 5.75 Å². The molecule has 2 N–H and O–H groups in total. The maximum atomic E-state index is 12.4. The Morgan fingerprint density at radius 3 is 2.83 bits per heavy atom. The van der Waals surface area contributed by atoms with Crippen LogP contribution < -0.4 is 10.1 Å². The summed E-state index contributed by atoms with van der Waals surface area (Å²) in [5.74, 6) is 0.557. The topological polar surface area (TPSA) is 83.8 Å². The number of benzene rings is 2. The zero-order valence-corrected chi connectivity index (χ0v) is 17.2. The smallest absolute Gasteiger partial charge is 0.264 e. The highest BCUT2D eigenvalue weighted by Crippen LogP contribution is 2.30. The Balaban J connectivity index is 1.60. The molecule has 1 aromatic heterocycles.